The maximum absolute atomic E-state index is 9.58. The fraction of sp³-hybridized carbons (Fsp3) is 0.412. The van der Waals surface area contributed by atoms with Crippen LogP contribution in [-0.4, -0.2) is 43.1 Å². The van der Waals surface area contributed by atoms with Crippen molar-refractivity contribution < 1.29 is 0 Å². The third-order valence-electron chi connectivity index (χ3n) is 4.26. The van der Waals surface area contributed by atoms with Crippen LogP contribution >= 0.6 is 0 Å². The van der Waals surface area contributed by atoms with Crippen LogP contribution in [0, 0.1) is 18.3 Å². The fourth-order valence-corrected chi connectivity index (χ4v) is 2.98. The molecule has 1 saturated heterocycles. The Kier molecular flexibility index (Phi) is 3.76. The van der Waals surface area contributed by atoms with Crippen LogP contribution < -0.4 is 4.90 Å². The van der Waals surface area contributed by atoms with Crippen LogP contribution in [0.3, 0.4) is 0 Å². The predicted molar refractivity (Wildman–Crippen MR) is 85.5 cm³/mol. The molecule has 1 fully saturated rings. The normalized spacial score (nSPS) is 16.7. The Labute approximate surface area is 125 Å². The van der Waals surface area contributed by atoms with Gasteiger partial charge < -0.3 is 9.80 Å². The minimum atomic E-state index is 0.721. The highest BCUT2D eigenvalue weighted by molar-refractivity contribution is 5.87. The minimum Gasteiger partial charge on any atom is -0.354 e. The molecule has 21 heavy (non-hydrogen) atoms. The molecular formula is C17H20N4. The van der Waals surface area contributed by atoms with Crippen molar-refractivity contribution in [2.45, 2.75) is 13.3 Å². The lowest BCUT2D eigenvalue weighted by Crippen LogP contribution is -2.30. The zero-order valence-corrected chi connectivity index (χ0v) is 12.6. The Balaban J connectivity index is 2.11. The van der Waals surface area contributed by atoms with Crippen LogP contribution in [0.4, 0.5) is 5.82 Å². The average Bonchev–Trinajstić information content (AvgIpc) is 2.72. The molecule has 0 atom stereocenters. The summed E-state index contributed by atoms with van der Waals surface area (Å²) in [6.07, 6.45) is 1.11. The fourth-order valence-electron chi connectivity index (χ4n) is 2.98. The summed E-state index contributed by atoms with van der Waals surface area (Å²) in [5.74, 6) is 0.851. The second kappa shape index (κ2) is 5.71. The van der Waals surface area contributed by atoms with Crippen molar-refractivity contribution in [3.8, 4) is 6.07 Å². The molecule has 2 heterocycles. The molecule has 1 aliphatic heterocycles. The van der Waals surface area contributed by atoms with E-state index in [1.165, 1.54) is 0 Å². The molecule has 0 saturated carbocycles. The van der Waals surface area contributed by atoms with E-state index >= 15 is 0 Å². The number of fused-ring (bicyclic) bond motifs is 1. The maximum Gasteiger partial charge on any atom is 0.147 e. The van der Waals surface area contributed by atoms with E-state index in [1.54, 1.807) is 0 Å². The Morgan fingerprint density at radius 1 is 1.14 bits per heavy atom. The van der Waals surface area contributed by atoms with Crippen LogP contribution in [0.25, 0.3) is 10.9 Å². The van der Waals surface area contributed by atoms with Gasteiger partial charge in [0.05, 0.1) is 11.1 Å². The van der Waals surface area contributed by atoms with Gasteiger partial charge in [0, 0.05) is 25.0 Å². The van der Waals surface area contributed by atoms with E-state index in [1.807, 2.05) is 31.2 Å². The third-order valence-corrected chi connectivity index (χ3v) is 4.26. The molecule has 0 radical (unpaired) electrons. The summed E-state index contributed by atoms with van der Waals surface area (Å²) in [5, 5.41) is 10.7. The second-order valence-corrected chi connectivity index (χ2v) is 5.71. The lowest BCUT2D eigenvalue weighted by atomic mass is 10.0. The van der Waals surface area contributed by atoms with E-state index in [2.05, 4.69) is 22.9 Å². The number of aryl methyl sites for hydroxylation is 1. The third kappa shape index (κ3) is 2.57. The summed E-state index contributed by atoms with van der Waals surface area (Å²) in [6, 6.07) is 10.4. The standard InChI is InChI=1S/C17H20N4/c1-13-14-6-3-4-7-16(14)19-17(15(13)12-18)21-9-5-8-20(2)10-11-21/h3-4,6-7H,5,8-11H2,1-2H3. The number of pyridine rings is 1. The van der Waals surface area contributed by atoms with Gasteiger partial charge in [-0.2, -0.15) is 5.26 Å². The molecule has 3 rings (SSSR count). The van der Waals surface area contributed by atoms with Crippen LogP contribution in [0.1, 0.15) is 17.5 Å². The van der Waals surface area contributed by atoms with Crippen molar-refractivity contribution in [1.82, 2.24) is 9.88 Å². The molecule has 1 aliphatic rings. The number of nitrogens with zero attached hydrogens (tertiary/aromatic N) is 4. The number of para-hydroxylation sites is 1. The first-order chi connectivity index (χ1) is 10.2. The quantitative estimate of drug-likeness (QED) is 0.805. The van der Waals surface area contributed by atoms with Gasteiger partial charge in [0.25, 0.3) is 0 Å². The van der Waals surface area contributed by atoms with Crippen LogP contribution in [-0.2, 0) is 0 Å². The number of nitriles is 1. The van der Waals surface area contributed by atoms with E-state index in [4.69, 9.17) is 4.98 Å². The van der Waals surface area contributed by atoms with Gasteiger partial charge in [0.1, 0.15) is 11.9 Å². The summed E-state index contributed by atoms with van der Waals surface area (Å²) < 4.78 is 0. The Morgan fingerprint density at radius 2 is 1.95 bits per heavy atom. The maximum atomic E-state index is 9.58. The summed E-state index contributed by atoms with van der Waals surface area (Å²) in [4.78, 5) is 9.38. The number of hydrogen-bond donors (Lipinski definition) is 0. The van der Waals surface area contributed by atoms with Crippen molar-refractivity contribution in [3.05, 3.63) is 35.4 Å². The van der Waals surface area contributed by atoms with Crippen LogP contribution in [0.15, 0.2) is 24.3 Å². The van der Waals surface area contributed by atoms with Crippen molar-refractivity contribution in [1.29, 1.82) is 5.26 Å². The highest BCUT2D eigenvalue weighted by atomic mass is 15.2. The molecule has 4 nitrogen and oxygen atoms in total. The first kappa shape index (κ1) is 13.8. The SMILES string of the molecule is Cc1c(C#N)c(N2CCCN(C)CC2)nc2ccccc12. The van der Waals surface area contributed by atoms with E-state index < -0.39 is 0 Å². The first-order valence-corrected chi connectivity index (χ1v) is 7.43. The number of benzene rings is 1. The van der Waals surface area contributed by atoms with Crippen molar-refractivity contribution in [2.24, 2.45) is 0 Å². The van der Waals surface area contributed by atoms with Gasteiger partial charge in [0.2, 0.25) is 0 Å². The number of hydrogen-bond acceptors (Lipinski definition) is 4. The minimum absolute atomic E-state index is 0.721. The zero-order chi connectivity index (χ0) is 14.8. The van der Waals surface area contributed by atoms with E-state index in [-0.39, 0.29) is 0 Å². The van der Waals surface area contributed by atoms with Gasteiger partial charge in [-0.15, -0.1) is 0 Å². The Bertz CT molecular complexity index is 702. The largest absolute Gasteiger partial charge is 0.354 e. The number of rotatable bonds is 1. The molecular weight excluding hydrogens is 260 g/mol. The van der Waals surface area contributed by atoms with Gasteiger partial charge >= 0.3 is 0 Å². The van der Waals surface area contributed by atoms with Crippen molar-refractivity contribution >= 4 is 16.7 Å². The van der Waals surface area contributed by atoms with Gasteiger partial charge in [-0.05, 0) is 38.6 Å². The van der Waals surface area contributed by atoms with Gasteiger partial charge in [-0.3, -0.25) is 0 Å². The smallest absolute Gasteiger partial charge is 0.147 e. The lowest BCUT2D eigenvalue weighted by molar-refractivity contribution is 0.360. The predicted octanol–water partition coefficient (Wildman–Crippen LogP) is 2.56. The van der Waals surface area contributed by atoms with Crippen molar-refractivity contribution in [3.63, 3.8) is 0 Å². The molecule has 4 heteroatoms. The molecule has 1 aromatic carbocycles. The Hall–Kier alpha value is -2.12. The van der Waals surface area contributed by atoms with E-state index in [0.717, 1.165) is 60.4 Å². The van der Waals surface area contributed by atoms with E-state index in [9.17, 15) is 5.26 Å². The highest BCUT2D eigenvalue weighted by Crippen LogP contribution is 2.28. The summed E-state index contributed by atoms with van der Waals surface area (Å²) in [7, 11) is 2.15. The first-order valence-electron chi connectivity index (χ1n) is 7.43. The molecule has 0 N–H and O–H groups in total. The monoisotopic (exact) mass is 280 g/mol. The second-order valence-electron chi connectivity index (χ2n) is 5.71. The molecule has 0 amide bonds. The summed E-state index contributed by atoms with van der Waals surface area (Å²) >= 11 is 0. The van der Waals surface area contributed by atoms with E-state index in [0.29, 0.717) is 0 Å². The highest BCUT2D eigenvalue weighted by Gasteiger charge is 2.19. The summed E-state index contributed by atoms with van der Waals surface area (Å²) in [5.41, 5.74) is 2.73. The number of aromatic nitrogens is 1. The molecule has 0 aliphatic carbocycles. The topological polar surface area (TPSA) is 43.2 Å². The average molecular weight is 280 g/mol. The lowest BCUT2D eigenvalue weighted by Gasteiger charge is -2.24. The van der Waals surface area contributed by atoms with Gasteiger partial charge in [-0.1, -0.05) is 18.2 Å². The number of anilines is 1. The molecule has 0 bridgehead atoms. The van der Waals surface area contributed by atoms with Crippen molar-refractivity contribution in [2.75, 3.05) is 38.1 Å². The van der Waals surface area contributed by atoms with Crippen LogP contribution in [0.5, 0.6) is 0 Å². The molecule has 1 aromatic heterocycles. The number of likely N-dealkylation sites (N-methyl/N-ethyl adjacent to an activating group) is 1. The molecule has 2 aromatic rings. The zero-order valence-electron chi connectivity index (χ0n) is 12.6. The van der Waals surface area contributed by atoms with Crippen LogP contribution in [0.2, 0.25) is 0 Å². The Morgan fingerprint density at radius 3 is 2.76 bits per heavy atom. The molecule has 0 unspecified atom stereocenters. The van der Waals surface area contributed by atoms with Gasteiger partial charge in [-0.25, -0.2) is 4.98 Å². The van der Waals surface area contributed by atoms with Gasteiger partial charge in [0.15, 0.2) is 0 Å². The summed E-state index contributed by atoms with van der Waals surface area (Å²) in [6.45, 7) is 6.03. The molecule has 108 valence electrons. The molecule has 0 spiro atoms.